The molecule has 0 aliphatic carbocycles. The van der Waals surface area contributed by atoms with Gasteiger partial charge in [0, 0.05) is 17.0 Å². The van der Waals surface area contributed by atoms with Crippen LogP contribution in [0.4, 0.5) is 0 Å². The number of hydrogen-bond donors (Lipinski definition) is 0. The smallest absolute Gasteiger partial charge is 0.136 e. The van der Waals surface area contributed by atoms with Crippen molar-refractivity contribution in [3.63, 3.8) is 0 Å². The van der Waals surface area contributed by atoms with Crippen molar-refractivity contribution in [3.05, 3.63) is 66.4 Å². The second kappa shape index (κ2) is 5.17. The number of rotatable bonds is 3. The molecule has 0 atom stereocenters. The van der Waals surface area contributed by atoms with Gasteiger partial charge in [0.05, 0.1) is 0 Å². The minimum atomic E-state index is 0.906. The molecule has 0 amide bonds. The first-order valence-corrected chi connectivity index (χ1v) is 6.54. The summed E-state index contributed by atoms with van der Waals surface area (Å²) in [5, 5.41) is 2.30. The van der Waals surface area contributed by atoms with Gasteiger partial charge in [-0.3, -0.25) is 4.99 Å². The van der Waals surface area contributed by atoms with Gasteiger partial charge in [0.15, 0.2) is 0 Å². The molecule has 0 fully saturated rings. The Morgan fingerprint density at radius 3 is 2.70 bits per heavy atom. The Balaban J connectivity index is 2.17. The zero-order valence-electron chi connectivity index (χ0n) is 11.3. The fourth-order valence-electron chi connectivity index (χ4n) is 2.40. The molecule has 1 heterocycles. The minimum absolute atomic E-state index is 0.906. The molecule has 0 spiro atoms. The molecular weight excluding hydrogens is 246 g/mol. The summed E-state index contributed by atoms with van der Waals surface area (Å²) < 4.78 is 5.91. The van der Waals surface area contributed by atoms with Crippen LogP contribution >= 0.6 is 0 Å². The lowest BCUT2D eigenvalue weighted by Crippen LogP contribution is -1.80. The van der Waals surface area contributed by atoms with Gasteiger partial charge in [0.2, 0.25) is 0 Å². The van der Waals surface area contributed by atoms with Crippen LogP contribution in [0.3, 0.4) is 0 Å². The predicted molar refractivity (Wildman–Crippen MR) is 86.1 cm³/mol. The van der Waals surface area contributed by atoms with Crippen LogP contribution in [0.15, 0.2) is 70.2 Å². The second-order valence-electron chi connectivity index (χ2n) is 4.55. The van der Waals surface area contributed by atoms with Gasteiger partial charge < -0.3 is 4.42 Å². The Labute approximate surface area is 117 Å². The van der Waals surface area contributed by atoms with Crippen molar-refractivity contribution in [1.82, 2.24) is 0 Å². The zero-order valence-corrected chi connectivity index (χ0v) is 11.3. The Hall–Kier alpha value is -2.61. The van der Waals surface area contributed by atoms with Crippen molar-refractivity contribution in [1.29, 1.82) is 0 Å². The third kappa shape index (κ3) is 2.05. The van der Waals surface area contributed by atoms with Crippen LogP contribution in [0.2, 0.25) is 0 Å². The summed E-state index contributed by atoms with van der Waals surface area (Å²) in [4.78, 5) is 3.75. The largest absolute Gasteiger partial charge is 0.456 e. The first kappa shape index (κ1) is 12.4. The standard InChI is InChI=1S/C18H15NO/c1-3-13(10-11-19-2)14-8-9-16-15-6-4-5-7-17(15)20-18(16)12-14/h3-12H,2H2,1H3/b11-10-,13-3+. The molecule has 0 saturated carbocycles. The van der Waals surface area contributed by atoms with Gasteiger partial charge in [0.25, 0.3) is 0 Å². The van der Waals surface area contributed by atoms with E-state index in [1.807, 2.05) is 37.3 Å². The number of benzene rings is 2. The highest BCUT2D eigenvalue weighted by Gasteiger charge is 2.07. The van der Waals surface area contributed by atoms with E-state index >= 15 is 0 Å². The molecule has 0 saturated heterocycles. The number of fused-ring (bicyclic) bond motifs is 3. The molecule has 2 heteroatoms. The van der Waals surface area contributed by atoms with Gasteiger partial charge in [-0.25, -0.2) is 0 Å². The molecule has 0 N–H and O–H groups in total. The molecular formula is C18H15NO. The summed E-state index contributed by atoms with van der Waals surface area (Å²) in [5.41, 5.74) is 4.03. The van der Waals surface area contributed by atoms with Crippen molar-refractivity contribution in [2.75, 3.05) is 0 Å². The minimum Gasteiger partial charge on any atom is -0.456 e. The summed E-state index contributed by atoms with van der Waals surface area (Å²) in [7, 11) is 0. The Bertz CT molecular complexity index is 837. The fraction of sp³-hybridized carbons (Fsp3) is 0.0556. The van der Waals surface area contributed by atoms with Crippen molar-refractivity contribution in [2.45, 2.75) is 6.92 Å². The van der Waals surface area contributed by atoms with E-state index in [2.05, 4.69) is 36.0 Å². The van der Waals surface area contributed by atoms with Crippen molar-refractivity contribution in [3.8, 4) is 0 Å². The van der Waals surface area contributed by atoms with E-state index in [-0.39, 0.29) is 0 Å². The summed E-state index contributed by atoms with van der Waals surface area (Å²) >= 11 is 0. The van der Waals surface area contributed by atoms with E-state index < -0.39 is 0 Å². The number of hydrogen-bond acceptors (Lipinski definition) is 2. The second-order valence-corrected chi connectivity index (χ2v) is 4.55. The van der Waals surface area contributed by atoms with Gasteiger partial charge in [-0.15, -0.1) is 0 Å². The lowest BCUT2D eigenvalue weighted by Gasteiger charge is -2.01. The highest BCUT2D eigenvalue weighted by Crippen LogP contribution is 2.30. The third-order valence-electron chi connectivity index (χ3n) is 3.38. The zero-order chi connectivity index (χ0) is 13.9. The van der Waals surface area contributed by atoms with Crippen LogP contribution in [-0.2, 0) is 0 Å². The molecule has 0 radical (unpaired) electrons. The predicted octanol–water partition coefficient (Wildman–Crippen LogP) is 5.20. The number of allylic oxidation sites excluding steroid dienone is 3. The van der Waals surface area contributed by atoms with Crippen molar-refractivity contribution >= 4 is 34.2 Å². The number of nitrogens with zero attached hydrogens (tertiary/aromatic N) is 1. The molecule has 3 rings (SSSR count). The van der Waals surface area contributed by atoms with Gasteiger partial charge in [0.1, 0.15) is 11.2 Å². The van der Waals surface area contributed by atoms with E-state index in [4.69, 9.17) is 4.42 Å². The molecule has 0 unspecified atom stereocenters. The normalized spacial score (nSPS) is 12.6. The van der Waals surface area contributed by atoms with Gasteiger partial charge in [-0.05, 0) is 49.1 Å². The van der Waals surface area contributed by atoms with E-state index in [9.17, 15) is 0 Å². The number of para-hydroxylation sites is 1. The molecule has 1 aromatic heterocycles. The average molecular weight is 261 g/mol. The Morgan fingerprint density at radius 1 is 1.10 bits per heavy atom. The molecule has 0 bridgehead atoms. The van der Waals surface area contributed by atoms with Gasteiger partial charge >= 0.3 is 0 Å². The Morgan fingerprint density at radius 2 is 1.90 bits per heavy atom. The van der Waals surface area contributed by atoms with Crippen LogP contribution in [0.5, 0.6) is 0 Å². The maximum Gasteiger partial charge on any atom is 0.136 e. The molecule has 20 heavy (non-hydrogen) atoms. The lowest BCUT2D eigenvalue weighted by molar-refractivity contribution is 0.669. The van der Waals surface area contributed by atoms with E-state index in [0.29, 0.717) is 0 Å². The Kier molecular flexibility index (Phi) is 3.21. The molecule has 0 aliphatic heterocycles. The van der Waals surface area contributed by atoms with E-state index in [1.165, 1.54) is 0 Å². The number of furan rings is 1. The molecule has 2 nitrogen and oxygen atoms in total. The van der Waals surface area contributed by atoms with E-state index in [1.54, 1.807) is 6.20 Å². The fourth-order valence-corrected chi connectivity index (χ4v) is 2.40. The molecule has 0 aliphatic rings. The van der Waals surface area contributed by atoms with Crippen LogP contribution in [0, 0.1) is 0 Å². The van der Waals surface area contributed by atoms with Crippen molar-refractivity contribution in [2.24, 2.45) is 4.99 Å². The van der Waals surface area contributed by atoms with Gasteiger partial charge in [-0.1, -0.05) is 30.3 Å². The van der Waals surface area contributed by atoms with Crippen molar-refractivity contribution < 1.29 is 4.42 Å². The maximum atomic E-state index is 5.91. The van der Waals surface area contributed by atoms with Crippen LogP contribution in [0.1, 0.15) is 12.5 Å². The molecule has 98 valence electrons. The summed E-state index contributed by atoms with van der Waals surface area (Å²) in [6.45, 7) is 5.46. The molecule has 3 aromatic rings. The first-order chi connectivity index (χ1) is 9.83. The summed E-state index contributed by atoms with van der Waals surface area (Å²) in [5.74, 6) is 0. The SMILES string of the molecule is C=N/C=C\C(=C/C)c1ccc2c(c1)oc1ccccc12. The molecule has 2 aromatic carbocycles. The average Bonchev–Trinajstić information content (AvgIpc) is 2.86. The third-order valence-corrected chi connectivity index (χ3v) is 3.38. The highest BCUT2D eigenvalue weighted by atomic mass is 16.3. The quantitative estimate of drug-likeness (QED) is 0.469. The van der Waals surface area contributed by atoms with E-state index in [0.717, 1.165) is 33.1 Å². The highest BCUT2D eigenvalue weighted by molar-refractivity contribution is 6.05. The van der Waals surface area contributed by atoms with Crippen LogP contribution in [0.25, 0.3) is 27.5 Å². The number of aliphatic imine (C=N–C) groups is 1. The summed E-state index contributed by atoms with van der Waals surface area (Å²) in [6, 6.07) is 14.4. The first-order valence-electron chi connectivity index (χ1n) is 6.54. The summed E-state index contributed by atoms with van der Waals surface area (Å²) in [6.07, 6.45) is 5.68. The monoisotopic (exact) mass is 261 g/mol. The van der Waals surface area contributed by atoms with Crippen LogP contribution < -0.4 is 0 Å². The maximum absolute atomic E-state index is 5.91. The van der Waals surface area contributed by atoms with Gasteiger partial charge in [-0.2, -0.15) is 0 Å². The van der Waals surface area contributed by atoms with Crippen LogP contribution in [-0.4, -0.2) is 6.72 Å². The lowest BCUT2D eigenvalue weighted by atomic mass is 10.0. The topological polar surface area (TPSA) is 25.5 Å².